The number of amides is 1. The number of nitrogens with two attached hydrogens (primary N) is 1. The van der Waals surface area contributed by atoms with E-state index in [4.69, 9.17) is 14.9 Å². The van der Waals surface area contributed by atoms with Crippen molar-refractivity contribution in [1.29, 1.82) is 0 Å². The molecule has 3 aromatic rings. The Morgan fingerprint density at radius 1 is 1.14 bits per heavy atom. The van der Waals surface area contributed by atoms with Gasteiger partial charge in [-0.1, -0.05) is 0 Å². The summed E-state index contributed by atoms with van der Waals surface area (Å²) in [5.74, 6) is -1.06. The van der Waals surface area contributed by atoms with Crippen LogP contribution in [0.1, 0.15) is 42.8 Å². The number of esters is 1. The molecule has 0 saturated carbocycles. The molecule has 152 valence electrons. The van der Waals surface area contributed by atoms with Gasteiger partial charge in [0.1, 0.15) is 28.5 Å². The first-order valence-corrected chi connectivity index (χ1v) is 8.90. The molecule has 0 aliphatic rings. The van der Waals surface area contributed by atoms with Crippen LogP contribution in [-0.4, -0.2) is 23.3 Å². The van der Waals surface area contributed by atoms with Crippen molar-refractivity contribution in [3.8, 4) is 17.1 Å². The zero-order valence-electron chi connectivity index (χ0n) is 16.1. The number of carbonyl (C=O) groups excluding carboxylic acids is 2. The fraction of sp³-hybridized carbons (Fsp3) is 0.238. The molecule has 0 fully saturated rings. The zero-order valence-corrected chi connectivity index (χ0v) is 16.1. The second-order valence-corrected chi connectivity index (χ2v) is 6.75. The van der Waals surface area contributed by atoms with Gasteiger partial charge in [0.2, 0.25) is 0 Å². The summed E-state index contributed by atoms with van der Waals surface area (Å²) in [6.07, 6.45) is -2.34. The van der Waals surface area contributed by atoms with E-state index in [9.17, 15) is 19.1 Å². The first-order chi connectivity index (χ1) is 13.7. The summed E-state index contributed by atoms with van der Waals surface area (Å²) < 4.78 is 29.5. The lowest BCUT2D eigenvalue weighted by Crippen LogP contribution is -2.18. The van der Waals surface area contributed by atoms with E-state index < -0.39 is 24.0 Å². The fourth-order valence-electron chi connectivity index (χ4n) is 2.97. The van der Waals surface area contributed by atoms with Crippen LogP contribution in [0.5, 0.6) is 5.75 Å². The standard InChI is InChI=1S/C21H20FNO6/c1-10(2)27-16-9-15-17(8-14(16)11(3)24)28-19(12-4-6-13(22)7-5-12)18(15)20(25)29-21(23)26/h4-11,24H,1-3H3,(H2,23,26). The molecule has 0 bridgehead atoms. The highest BCUT2D eigenvalue weighted by atomic mass is 19.1. The highest BCUT2D eigenvalue weighted by Gasteiger charge is 2.27. The number of fused-ring (bicyclic) bond motifs is 1. The SMILES string of the molecule is CC(C)Oc1cc2c(C(=O)OC(N)=O)c(-c3ccc(F)cc3)oc2cc1C(C)O. The quantitative estimate of drug-likeness (QED) is 0.487. The molecule has 0 spiro atoms. The van der Waals surface area contributed by atoms with Crippen molar-refractivity contribution in [3.05, 3.63) is 53.3 Å². The average Bonchev–Trinajstić information content (AvgIpc) is 2.98. The molecule has 1 atom stereocenters. The summed E-state index contributed by atoms with van der Waals surface area (Å²) in [7, 11) is 0. The van der Waals surface area contributed by atoms with Gasteiger partial charge in [-0.25, -0.2) is 14.0 Å². The van der Waals surface area contributed by atoms with Gasteiger partial charge in [0, 0.05) is 16.5 Å². The van der Waals surface area contributed by atoms with E-state index in [0.29, 0.717) is 22.3 Å². The van der Waals surface area contributed by atoms with Crippen molar-refractivity contribution >= 4 is 23.0 Å². The van der Waals surface area contributed by atoms with Crippen LogP contribution in [0.3, 0.4) is 0 Å². The molecule has 8 heteroatoms. The molecule has 1 heterocycles. The Bertz CT molecular complexity index is 1070. The first kappa shape index (κ1) is 20.3. The predicted molar refractivity (Wildman–Crippen MR) is 103 cm³/mol. The van der Waals surface area contributed by atoms with E-state index in [1.54, 1.807) is 13.0 Å². The Hall–Kier alpha value is -3.39. The number of primary amides is 1. The molecule has 2 aromatic carbocycles. The minimum absolute atomic E-state index is 0.0591. The summed E-state index contributed by atoms with van der Waals surface area (Å²) in [4.78, 5) is 23.7. The fourth-order valence-corrected chi connectivity index (χ4v) is 2.97. The average molecular weight is 401 g/mol. The Labute approximate surface area is 165 Å². The molecule has 3 N–H and O–H groups in total. The van der Waals surface area contributed by atoms with Crippen molar-refractivity contribution in [1.82, 2.24) is 0 Å². The highest BCUT2D eigenvalue weighted by molar-refractivity contribution is 6.11. The normalized spacial score (nSPS) is 12.2. The Balaban J connectivity index is 2.30. The minimum atomic E-state index is -1.27. The largest absolute Gasteiger partial charge is 0.491 e. The number of hydrogen-bond donors (Lipinski definition) is 2. The van der Waals surface area contributed by atoms with Gasteiger partial charge >= 0.3 is 12.1 Å². The lowest BCUT2D eigenvalue weighted by Gasteiger charge is -2.16. The number of rotatable bonds is 5. The maximum absolute atomic E-state index is 13.3. The molecule has 1 aromatic heterocycles. The van der Waals surface area contributed by atoms with Crippen molar-refractivity contribution in [2.24, 2.45) is 5.73 Å². The van der Waals surface area contributed by atoms with Gasteiger partial charge in [0.15, 0.2) is 0 Å². The van der Waals surface area contributed by atoms with Crippen LogP contribution >= 0.6 is 0 Å². The molecule has 0 saturated heterocycles. The van der Waals surface area contributed by atoms with E-state index in [1.165, 1.54) is 30.3 Å². The maximum atomic E-state index is 13.3. The second kappa shape index (κ2) is 7.92. The highest BCUT2D eigenvalue weighted by Crippen LogP contribution is 2.39. The molecule has 29 heavy (non-hydrogen) atoms. The number of halogens is 1. The predicted octanol–water partition coefficient (Wildman–Crippen LogP) is 4.31. The van der Waals surface area contributed by atoms with Crippen LogP contribution < -0.4 is 10.5 Å². The molecule has 1 amide bonds. The van der Waals surface area contributed by atoms with Crippen LogP contribution in [0.2, 0.25) is 0 Å². The van der Waals surface area contributed by atoms with Gasteiger partial charge in [0.25, 0.3) is 0 Å². The van der Waals surface area contributed by atoms with E-state index in [0.717, 1.165) is 0 Å². The summed E-state index contributed by atoms with van der Waals surface area (Å²) in [5.41, 5.74) is 6.04. The van der Waals surface area contributed by atoms with Crippen LogP contribution in [0.4, 0.5) is 9.18 Å². The first-order valence-electron chi connectivity index (χ1n) is 8.90. The van der Waals surface area contributed by atoms with Gasteiger partial charge in [-0.15, -0.1) is 0 Å². The Kier molecular flexibility index (Phi) is 5.56. The lowest BCUT2D eigenvalue weighted by molar-refractivity contribution is 0.0640. The molecule has 0 aliphatic carbocycles. The van der Waals surface area contributed by atoms with Gasteiger partial charge in [-0.05, 0) is 57.2 Å². The van der Waals surface area contributed by atoms with Crippen LogP contribution in [0.25, 0.3) is 22.3 Å². The van der Waals surface area contributed by atoms with E-state index in [-0.39, 0.29) is 23.0 Å². The molecule has 0 radical (unpaired) electrons. The van der Waals surface area contributed by atoms with E-state index in [2.05, 4.69) is 4.74 Å². The monoisotopic (exact) mass is 401 g/mol. The minimum Gasteiger partial charge on any atom is -0.491 e. The van der Waals surface area contributed by atoms with Crippen LogP contribution in [0.15, 0.2) is 40.8 Å². The van der Waals surface area contributed by atoms with Crippen molar-refractivity contribution in [2.75, 3.05) is 0 Å². The third-order valence-electron chi connectivity index (χ3n) is 4.14. The molecule has 1 unspecified atom stereocenters. The van der Waals surface area contributed by atoms with Crippen LogP contribution in [-0.2, 0) is 4.74 Å². The lowest BCUT2D eigenvalue weighted by atomic mass is 10.0. The number of ether oxygens (including phenoxy) is 2. The summed E-state index contributed by atoms with van der Waals surface area (Å²) in [5, 5.41) is 10.4. The van der Waals surface area contributed by atoms with Gasteiger partial charge in [-0.2, -0.15) is 0 Å². The summed E-state index contributed by atoms with van der Waals surface area (Å²) in [6.45, 7) is 5.20. The van der Waals surface area contributed by atoms with E-state index >= 15 is 0 Å². The summed E-state index contributed by atoms with van der Waals surface area (Å²) in [6, 6.07) is 8.35. The topological polar surface area (TPSA) is 112 Å². The number of carbonyl (C=O) groups is 2. The van der Waals surface area contributed by atoms with Crippen LogP contribution in [0, 0.1) is 5.82 Å². The van der Waals surface area contributed by atoms with Gasteiger partial charge in [0.05, 0.1) is 12.2 Å². The number of aliphatic hydroxyl groups excluding tert-OH is 1. The smallest absolute Gasteiger partial charge is 0.412 e. The van der Waals surface area contributed by atoms with E-state index in [1.807, 2.05) is 13.8 Å². The number of furan rings is 1. The molecule has 0 aliphatic heterocycles. The Morgan fingerprint density at radius 2 is 1.79 bits per heavy atom. The maximum Gasteiger partial charge on any atom is 0.412 e. The van der Waals surface area contributed by atoms with Gasteiger partial charge < -0.3 is 24.7 Å². The molecule has 7 nitrogen and oxygen atoms in total. The number of aliphatic hydroxyl groups is 1. The molecular weight excluding hydrogens is 381 g/mol. The Morgan fingerprint density at radius 3 is 2.34 bits per heavy atom. The zero-order chi connectivity index (χ0) is 21.3. The summed E-state index contributed by atoms with van der Waals surface area (Å²) >= 11 is 0. The number of benzene rings is 2. The van der Waals surface area contributed by atoms with Crippen molar-refractivity contribution < 1.29 is 33.0 Å². The molecular formula is C21H20FNO6. The number of hydrogen-bond acceptors (Lipinski definition) is 6. The van der Waals surface area contributed by atoms with Crippen molar-refractivity contribution in [2.45, 2.75) is 33.0 Å². The third kappa shape index (κ3) is 4.22. The third-order valence-corrected chi connectivity index (χ3v) is 4.14. The second-order valence-electron chi connectivity index (χ2n) is 6.75. The van der Waals surface area contributed by atoms with Crippen molar-refractivity contribution in [3.63, 3.8) is 0 Å². The van der Waals surface area contributed by atoms with Gasteiger partial charge in [-0.3, -0.25) is 0 Å². The molecule has 3 rings (SSSR count).